The van der Waals surface area contributed by atoms with Crippen molar-refractivity contribution in [1.82, 2.24) is 5.32 Å². The van der Waals surface area contributed by atoms with Crippen molar-refractivity contribution in [1.29, 1.82) is 0 Å². The minimum atomic E-state index is -0.463. The van der Waals surface area contributed by atoms with Crippen LogP contribution in [0.5, 0.6) is 0 Å². The maximum atomic E-state index is 12.1. The number of carbonyl (C=O) groups excluding carboxylic acids is 1. The van der Waals surface area contributed by atoms with Gasteiger partial charge in [-0.05, 0) is 30.2 Å². The summed E-state index contributed by atoms with van der Waals surface area (Å²) in [6, 6.07) is 12.0. The van der Waals surface area contributed by atoms with Crippen LogP contribution >= 0.6 is 0 Å². The molecule has 2 aromatic carbocycles. The van der Waals surface area contributed by atoms with E-state index in [9.17, 15) is 14.9 Å². The molecule has 0 unspecified atom stereocenters. The Morgan fingerprint density at radius 3 is 2.59 bits per heavy atom. The molecule has 0 aromatic heterocycles. The van der Waals surface area contributed by atoms with Crippen molar-refractivity contribution in [3.05, 3.63) is 74.8 Å². The summed E-state index contributed by atoms with van der Waals surface area (Å²) in [6.07, 6.45) is 0. The van der Waals surface area contributed by atoms with Crippen LogP contribution in [-0.4, -0.2) is 10.8 Å². The molecule has 0 aliphatic rings. The van der Waals surface area contributed by atoms with Gasteiger partial charge in [0.25, 0.3) is 11.6 Å². The van der Waals surface area contributed by atoms with E-state index in [1.165, 1.54) is 18.2 Å². The monoisotopic (exact) mass is 299 g/mol. The van der Waals surface area contributed by atoms with Crippen molar-refractivity contribution >= 4 is 11.6 Å². The van der Waals surface area contributed by atoms with Crippen LogP contribution in [0.25, 0.3) is 0 Å². The Hall–Kier alpha value is -2.73. The number of aryl methyl sites for hydroxylation is 1. The van der Waals surface area contributed by atoms with Gasteiger partial charge in [-0.25, -0.2) is 0 Å². The summed E-state index contributed by atoms with van der Waals surface area (Å²) >= 11 is 0. The molecule has 0 fully saturated rings. The fourth-order valence-electron chi connectivity index (χ4n) is 2.15. The molecule has 6 heteroatoms. The Bertz CT molecular complexity index is 714. The van der Waals surface area contributed by atoms with Crippen LogP contribution in [0, 0.1) is 17.0 Å². The average Bonchev–Trinajstić information content (AvgIpc) is 2.52. The minimum Gasteiger partial charge on any atom is -0.348 e. The van der Waals surface area contributed by atoms with Crippen LogP contribution in [0.15, 0.2) is 42.5 Å². The quantitative estimate of drug-likeness (QED) is 0.653. The predicted molar refractivity (Wildman–Crippen MR) is 83.3 cm³/mol. The van der Waals surface area contributed by atoms with Gasteiger partial charge in [0.1, 0.15) is 0 Å². The number of nitro benzene ring substituents is 1. The molecule has 0 bridgehead atoms. The lowest BCUT2D eigenvalue weighted by atomic mass is 10.1. The van der Waals surface area contributed by atoms with E-state index in [1.807, 2.05) is 24.3 Å². The highest BCUT2D eigenvalue weighted by atomic mass is 16.6. The first-order valence-corrected chi connectivity index (χ1v) is 6.82. The molecule has 6 nitrogen and oxygen atoms in total. The third kappa shape index (κ3) is 3.67. The van der Waals surface area contributed by atoms with E-state index in [2.05, 4.69) is 5.32 Å². The lowest BCUT2D eigenvalue weighted by molar-refractivity contribution is -0.385. The molecule has 0 spiro atoms. The fourth-order valence-corrected chi connectivity index (χ4v) is 2.15. The molecule has 0 aliphatic carbocycles. The third-order valence-electron chi connectivity index (χ3n) is 3.34. The van der Waals surface area contributed by atoms with E-state index in [1.54, 1.807) is 6.92 Å². The second kappa shape index (κ2) is 6.82. The van der Waals surface area contributed by atoms with E-state index < -0.39 is 4.92 Å². The molecule has 3 N–H and O–H groups in total. The molecule has 0 saturated heterocycles. The Morgan fingerprint density at radius 1 is 1.23 bits per heavy atom. The van der Waals surface area contributed by atoms with Gasteiger partial charge in [-0.2, -0.15) is 0 Å². The molecule has 2 aromatic rings. The van der Waals surface area contributed by atoms with Crippen molar-refractivity contribution in [2.24, 2.45) is 5.73 Å². The molecule has 0 atom stereocenters. The van der Waals surface area contributed by atoms with Gasteiger partial charge in [0.05, 0.1) is 4.92 Å². The van der Waals surface area contributed by atoms with E-state index >= 15 is 0 Å². The molecular formula is C16H17N3O3. The van der Waals surface area contributed by atoms with Crippen molar-refractivity contribution in [2.45, 2.75) is 20.0 Å². The van der Waals surface area contributed by atoms with Crippen molar-refractivity contribution in [2.75, 3.05) is 0 Å². The third-order valence-corrected chi connectivity index (χ3v) is 3.34. The number of nitrogens with zero attached hydrogens (tertiary/aromatic N) is 1. The van der Waals surface area contributed by atoms with Gasteiger partial charge < -0.3 is 11.1 Å². The van der Waals surface area contributed by atoms with Gasteiger partial charge in [0.15, 0.2) is 0 Å². The zero-order valence-electron chi connectivity index (χ0n) is 12.2. The van der Waals surface area contributed by atoms with Gasteiger partial charge in [-0.15, -0.1) is 0 Å². The summed E-state index contributed by atoms with van der Waals surface area (Å²) in [5.41, 5.74) is 8.40. The molecule has 0 heterocycles. The Kier molecular flexibility index (Phi) is 4.85. The maximum absolute atomic E-state index is 12.1. The molecule has 114 valence electrons. The first-order chi connectivity index (χ1) is 10.5. The first kappa shape index (κ1) is 15.7. The molecular weight excluding hydrogens is 282 g/mol. The average molecular weight is 299 g/mol. The predicted octanol–water partition coefficient (Wildman–Crippen LogP) is 2.29. The Morgan fingerprint density at radius 2 is 1.95 bits per heavy atom. The topological polar surface area (TPSA) is 98.3 Å². The molecule has 0 aliphatic heterocycles. The zero-order valence-corrected chi connectivity index (χ0v) is 12.2. The van der Waals surface area contributed by atoms with E-state index in [4.69, 9.17) is 5.73 Å². The number of hydrogen-bond acceptors (Lipinski definition) is 4. The second-order valence-corrected chi connectivity index (χ2v) is 4.97. The van der Waals surface area contributed by atoms with Crippen LogP contribution in [0.3, 0.4) is 0 Å². The summed E-state index contributed by atoms with van der Waals surface area (Å²) in [6.45, 7) is 2.44. The molecule has 2 rings (SSSR count). The summed E-state index contributed by atoms with van der Waals surface area (Å²) in [5, 5.41) is 13.6. The summed E-state index contributed by atoms with van der Waals surface area (Å²) in [4.78, 5) is 22.4. The van der Waals surface area contributed by atoms with Crippen LogP contribution in [0.4, 0.5) is 5.69 Å². The Balaban J connectivity index is 2.06. The van der Waals surface area contributed by atoms with Crippen LogP contribution < -0.4 is 11.1 Å². The number of nitrogens with one attached hydrogen (secondary N) is 1. The normalized spacial score (nSPS) is 10.3. The molecule has 0 saturated carbocycles. The van der Waals surface area contributed by atoms with Gasteiger partial charge in [0.2, 0.25) is 0 Å². The highest BCUT2D eigenvalue weighted by Gasteiger charge is 2.13. The summed E-state index contributed by atoms with van der Waals surface area (Å²) in [7, 11) is 0. The maximum Gasteiger partial charge on any atom is 0.272 e. The van der Waals surface area contributed by atoms with E-state index in [0.29, 0.717) is 24.2 Å². The number of rotatable bonds is 5. The number of amides is 1. The standard InChI is InChI=1S/C16H17N3O3/c1-11-7-14(5-6-15(11)19(21)22)16(20)18-10-13-4-2-3-12(8-13)9-17/h2-8H,9-10,17H2,1H3,(H,18,20). The SMILES string of the molecule is Cc1cc(C(=O)NCc2cccc(CN)c2)ccc1[N+](=O)[O-]. The second-order valence-electron chi connectivity index (χ2n) is 4.97. The number of benzene rings is 2. The zero-order chi connectivity index (χ0) is 16.1. The van der Waals surface area contributed by atoms with Gasteiger partial charge >= 0.3 is 0 Å². The largest absolute Gasteiger partial charge is 0.348 e. The van der Waals surface area contributed by atoms with Gasteiger partial charge in [-0.3, -0.25) is 14.9 Å². The minimum absolute atomic E-state index is 0.00666. The van der Waals surface area contributed by atoms with Crippen molar-refractivity contribution in [3.8, 4) is 0 Å². The lowest BCUT2D eigenvalue weighted by Crippen LogP contribution is -2.23. The molecule has 1 amide bonds. The summed E-state index contributed by atoms with van der Waals surface area (Å²) in [5.74, 6) is -0.267. The number of carbonyl (C=O) groups is 1. The van der Waals surface area contributed by atoms with Crippen LogP contribution in [-0.2, 0) is 13.1 Å². The van der Waals surface area contributed by atoms with Gasteiger partial charge in [-0.1, -0.05) is 24.3 Å². The van der Waals surface area contributed by atoms with Gasteiger partial charge in [0, 0.05) is 30.3 Å². The molecule has 0 radical (unpaired) electrons. The van der Waals surface area contributed by atoms with E-state index in [0.717, 1.165) is 11.1 Å². The Labute approximate surface area is 128 Å². The lowest BCUT2D eigenvalue weighted by Gasteiger charge is -2.07. The smallest absolute Gasteiger partial charge is 0.272 e. The van der Waals surface area contributed by atoms with E-state index in [-0.39, 0.29) is 11.6 Å². The number of hydrogen-bond donors (Lipinski definition) is 2. The number of nitro groups is 1. The van der Waals surface area contributed by atoms with Crippen molar-refractivity contribution in [3.63, 3.8) is 0 Å². The fraction of sp³-hybridized carbons (Fsp3) is 0.188. The van der Waals surface area contributed by atoms with Crippen molar-refractivity contribution < 1.29 is 9.72 Å². The van der Waals surface area contributed by atoms with Crippen LogP contribution in [0.2, 0.25) is 0 Å². The van der Waals surface area contributed by atoms with Crippen LogP contribution in [0.1, 0.15) is 27.0 Å². The summed E-state index contributed by atoms with van der Waals surface area (Å²) < 4.78 is 0. The highest BCUT2D eigenvalue weighted by molar-refractivity contribution is 5.94. The highest BCUT2D eigenvalue weighted by Crippen LogP contribution is 2.18. The molecule has 22 heavy (non-hydrogen) atoms. The number of nitrogens with two attached hydrogens (primary N) is 1. The first-order valence-electron chi connectivity index (χ1n) is 6.82.